The van der Waals surface area contributed by atoms with E-state index in [-0.39, 0.29) is 0 Å². The number of carbonyl (C=O) groups excluding carboxylic acids is 1. The van der Waals surface area contributed by atoms with Crippen LogP contribution in [0, 0.1) is 0 Å². The van der Waals surface area contributed by atoms with Gasteiger partial charge in [-0.2, -0.15) is 0 Å². The summed E-state index contributed by atoms with van der Waals surface area (Å²) in [5.41, 5.74) is 5.29. The number of carbonyl (C=O) groups is 1. The van der Waals surface area contributed by atoms with E-state index in [9.17, 15) is 9.90 Å². The third-order valence-corrected chi connectivity index (χ3v) is 3.99. The van der Waals surface area contributed by atoms with Gasteiger partial charge in [0.25, 0.3) is 0 Å². The molecule has 0 saturated heterocycles. The maximum Gasteiger partial charge on any atom is 0.227 e. The van der Waals surface area contributed by atoms with Gasteiger partial charge in [-0.25, -0.2) is 0 Å². The SMILES string of the molecule is COc1ccc(C(C(N)=O)C2(O)CCCCC2)cc1. The Labute approximate surface area is 113 Å². The van der Waals surface area contributed by atoms with Gasteiger partial charge in [-0.3, -0.25) is 4.79 Å². The molecular weight excluding hydrogens is 242 g/mol. The molecule has 1 aromatic rings. The molecule has 4 nitrogen and oxygen atoms in total. The largest absolute Gasteiger partial charge is 0.497 e. The van der Waals surface area contributed by atoms with E-state index in [0.29, 0.717) is 12.8 Å². The second kappa shape index (κ2) is 5.61. The normalized spacial score (nSPS) is 19.7. The van der Waals surface area contributed by atoms with Crippen LogP contribution in [0.1, 0.15) is 43.6 Å². The van der Waals surface area contributed by atoms with Crippen LogP contribution in [-0.2, 0) is 4.79 Å². The molecule has 0 heterocycles. The second-order valence-electron chi connectivity index (χ2n) is 5.27. The Morgan fingerprint density at radius 2 is 1.84 bits per heavy atom. The lowest BCUT2D eigenvalue weighted by Crippen LogP contribution is -2.44. The third-order valence-electron chi connectivity index (χ3n) is 3.99. The van der Waals surface area contributed by atoms with Crippen molar-refractivity contribution in [3.05, 3.63) is 29.8 Å². The molecule has 0 radical (unpaired) electrons. The third kappa shape index (κ3) is 2.89. The van der Waals surface area contributed by atoms with Crippen LogP contribution in [0.4, 0.5) is 0 Å². The summed E-state index contributed by atoms with van der Waals surface area (Å²) < 4.78 is 5.10. The minimum absolute atomic E-state index is 0.463. The summed E-state index contributed by atoms with van der Waals surface area (Å²) in [6, 6.07) is 7.19. The van der Waals surface area contributed by atoms with Crippen molar-refractivity contribution < 1.29 is 14.6 Å². The van der Waals surface area contributed by atoms with Crippen LogP contribution < -0.4 is 10.5 Å². The Bertz CT molecular complexity index is 435. The van der Waals surface area contributed by atoms with Crippen LogP contribution in [0.15, 0.2) is 24.3 Å². The zero-order valence-electron chi connectivity index (χ0n) is 11.3. The number of hydrogen-bond donors (Lipinski definition) is 2. The number of methoxy groups -OCH3 is 1. The van der Waals surface area contributed by atoms with Gasteiger partial charge < -0.3 is 15.6 Å². The van der Waals surface area contributed by atoms with Gasteiger partial charge in [0.2, 0.25) is 5.91 Å². The van der Waals surface area contributed by atoms with E-state index in [1.165, 1.54) is 0 Å². The number of hydrogen-bond acceptors (Lipinski definition) is 3. The van der Waals surface area contributed by atoms with Gasteiger partial charge in [0, 0.05) is 0 Å². The Morgan fingerprint density at radius 3 is 2.32 bits per heavy atom. The first kappa shape index (κ1) is 13.9. The van der Waals surface area contributed by atoms with Crippen molar-refractivity contribution in [3.63, 3.8) is 0 Å². The first-order valence-electron chi connectivity index (χ1n) is 6.72. The minimum Gasteiger partial charge on any atom is -0.497 e. The Morgan fingerprint density at radius 1 is 1.26 bits per heavy atom. The van der Waals surface area contributed by atoms with Crippen molar-refractivity contribution >= 4 is 5.91 Å². The average molecular weight is 263 g/mol. The molecule has 1 aromatic carbocycles. The van der Waals surface area contributed by atoms with Crippen molar-refractivity contribution in [3.8, 4) is 5.75 Å². The van der Waals surface area contributed by atoms with Crippen molar-refractivity contribution in [2.45, 2.75) is 43.6 Å². The Hall–Kier alpha value is -1.55. The molecule has 1 atom stereocenters. The predicted molar refractivity (Wildman–Crippen MR) is 73.0 cm³/mol. The van der Waals surface area contributed by atoms with Crippen LogP contribution in [0.25, 0.3) is 0 Å². The maximum atomic E-state index is 11.8. The molecule has 0 bridgehead atoms. The topological polar surface area (TPSA) is 72.5 Å². The van der Waals surface area contributed by atoms with E-state index in [2.05, 4.69) is 0 Å². The maximum absolute atomic E-state index is 11.8. The first-order chi connectivity index (χ1) is 9.07. The van der Waals surface area contributed by atoms with Gasteiger partial charge in [-0.15, -0.1) is 0 Å². The van der Waals surface area contributed by atoms with Crippen LogP contribution in [-0.4, -0.2) is 23.7 Å². The molecular formula is C15H21NO3. The number of nitrogens with two attached hydrogens (primary N) is 1. The molecule has 1 amide bonds. The monoisotopic (exact) mass is 263 g/mol. The molecule has 0 spiro atoms. The van der Waals surface area contributed by atoms with Gasteiger partial charge in [0.1, 0.15) is 5.75 Å². The van der Waals surface area contributed by atoms with E-state index in [4.69, 9.17) is 10.5 Å². The number of benzene rings is 1. The highest BCUT2D eigenvalue weighted by Crippen LogP contribution is 2.40. The lowest BCUT2D eigenvalue weighted by Gasteiger charge is -2.37. The van der Waals surface area contributed by atoms with Gasteiger partial charge in [-0.05, 0) is 30.5 Å². The minimum atomic E-state index is -1.00. The number of amides is 1. The molecule has 1 unspecified atom stereocenters. The highest BCUT2D eigenvalue weighted by molar-refractivity contribution is 5.83. The molecule has 3 N–H and O–H groups in total. The first-order valence-corrected chi connectivity index (χ1v) is 6.72. The lowest BCUT2D eigenvalue weighted by atomic mass is 9.72. The summed E-state index contributed by atoms with van der Waals surface area (Å²) in [4.78, 5) is 11.8. The number of primary amides is 1. The fourth-order valence-electron chi connectivity index (χ4n) is 2.99. The molecule has 2 rings (SSSR count). The van der Waals surface area contributed by atoms with E-state index in [0.717, 1.165) is 30.6 Å². The van der Waals surface area contributed by atoms with Gasteiger partial charge in [0.05, 0.1) is 18.6 Å². The number of aliphatic hydroxyl groups is 1. The summed E-state index contributed by atoms with van der Waals surface area (Å²) in [6.07, 6.45) is 4.25. The molecule has 4 heteroatoms. The van der Waals surface area contributed by atoms with Crippen LogP contribution in [0.5, 0.6) is 5.75 Å². The molecule has 1 fully saturated rings. The zero-order valence-corrected chi connectivity index (χ0v) is 11.3. The zero-order chi connectivity index (χ0) is 13.9. The average Bonchev–Trinajstić information content (AvgIpc) is 2.40. The van der Waals surface area contributed by atoms with E-state index in [1.807, 2.05) is 0 Å². The van der Waals surface area contributed by atoms with Crippen molar-refractivity contribution in [2.75, 3.05) is 7.11 Å². The van der Waals surface area contributed by atoms with E-state index < -0.39 is 17.4 Å². The molecule has 0 aromatic heterocycles. The molecule has 1 aliphatic carbocycles. The molecule has 1 aliphatic rings. The number of ether oxygens (including phenoxy) is 1. The molecule has 19 heavy (non-hydrogen) atoms. The Balaban J connectivity index is 2.30. The summed E-state index contributed by atoms with van der Waals surface area (Å²) >= 11 is 0. The van der Waals surface area contributed by atoms with Crippen LogP contribution in [0.2, 0.25) is 0 Å². The van der Waals surface area contributed by atoms with E-state index >= 15 is 0 Å². The van der Waals surface area contributed by atoms with Gasteiger partial charge in [0.15, 0.2) is 0 Å². The fourth-order valence-corrected chi connectivity index (χ4v) is 2.99. The van der Waals surface area contributed by atoms with Crippen LogP contribution >= 0.6 is 0 Å². The predicted octanol–water partition coefficient (Wildman–Crippen LogP) is 1.96. The second-order valence-corrected chi connectivity index (χ2v) is 5.27. The summed E-state index contributed by atoms with van der Waals surface area (Å²) in [5.74, 6) is -0.379. The molecule has 1 saturated carbocycles. The summed E-state index contributed by atoms with van der Waals surface area (Å²) in [5, 5.41) is 10.7. The fraction of sp³-hybridized carbons (Fsp3) is 0.533. The Kier molecular flexibility index (Phi) is 4.10. The molecule has 0 aliphatic heterocycles. The van der Waals surface area contributed by atoms with Crippen LogP contribution in [0.3, 0.4) is 0 Å². The summed E-state index contributed by atoms with van der Waals surface area (Å²) in [7, 11) is 1.59. The smallest absolute Gasteiger partial charge is 0.227 e. The van der Waals surface area contributed by atoms with Gasteiger partial charge in [-0.1, -0.05) is 31.4 Å². The van der Waals surface area contributed by atoms with E-state index in [1.54, 1.807) is 31.4 Å². The highest BCUT2D eigenvalue weighted by Gasteiger charge is 2.42. The van der Waals surface area contributed by atoms with Crippen molar-refractivity contribution in [1.82, 2.24) is 0 Å². The number of rotatable bonds is 4. The summed E-state index contributed by atoms with van der Waals surface area (Å²) in [6.45, 7) is 0. The van der Waals surface area contributed by atoms with Crippen molar-refractivity contribution in [2.24, 2.45) is 5.73 Å². The van der Waals surface area contributed by atoms with Gasteiger partial charge >= 0.3 is 0 Å². The highest BCUT2D eigenvalue weighted by atomic mass is 16.5. The van der Waals surface area contributed by atoms with Crippen molar-refractivity contribution in [1.29, 1.82) is 0 Å². The lowest BCUT2D eigenvalue weighted by molar-refractivity contribution is -0.127. The standard InChI is InChI=1S/C15H21NO3/c1-19-12-7-5-11(6-8-12)13(14(16)17)15(18)9-3-2-4-10-15/h5-8,13,18H,2-4,9-10H2,1H3,(H2,16,17). The quantitative estimate of drug-likeness (QED) is 0.872. The molecule has 104 valence electrons.